The van der Waals surface area contributed by atoms with Gasteiger partial charge in [0.2, 0.25) is 0 Å². The Bertz CT molecular complexity index is 494. The van der Waals surface area contributed by atoms with E-state index in [4.69, 9.17) is 5.73 Å². The van der Waals surface area contributed by atoms with Crippen molar-refractivity contribution in [3.8, 4) is 0 Å². The van der Waals surface area contributed by atoms with Crippen LogP contribution in [0.3, 0.4) is 0 Å². The lowest BCUT2D eigenvalue weighted by atomic mass is 9.74. The van der Waals surface area contributed by atoms with Crippen molar-refractivity contribution in [1.29, 1.82) is 0 Å². The zero-order valence-electron chi connectivity index (χ0n) is 11.4. The zero-order valence-corrected chi connectivity index (χ0v) is 11.4. The molecule has 0 fully saturated rings. The predicted octanol–water partition coefficient (Wildman–Crippen LogP) is 0.877. The van der Waals surface area contributed by atoms with Gasteiger partial charge >= 0.3 is 5.97 Å². The van der Waals surface area contributed by atoms with E-state index >= 15 is 0 Å². The van der Waals surface area contributed by atoms with Crippen LogP contribution in [0.5, 0.6) is 0 Å². The van der Waals surface area contributed by atoms with E-state index in [0.29, 0.717) is 5.82 Å². The van der Waals surface area contributed by atoms with Gasteiger partial charge in [-0.2, -0.15) is 0 Å². The maximum Gasteiger partial charge on any atom is 0.311 e. The minimum atomic E-state index is -1.02. The number of hydrogen-bond acceptors (Lipinski definition) is 5. The molecule has 7 nitrogen and oxygen atoms in total. The summed E-state index contributed by atoms with van der Waals surface area (Å²) in [5.74, 6) is -1.21. The molecule has 7 heteroatoms. The maximum atomic E-state index is 11.3. The number of carboxylic acids is 1. The first kappa shape index (κ1) is 14.9. The summed E-state index contributed by atoms with van der Waals surface area (Å²) in [6, 6.07) is 2.97. The molecule has 0 aliphatic carbocycles. The number of nitrogens with one attached hydrogen (secondary N) is 1. The van der Waals surface area contributed by atoms with Crippen molar-refractivity contribution in [3.05, 3.63) is 17.8 Å². The van der Waals surface area contributed by atoms with Gasteiger partial charge in [0.05, 0.1) is 5.41 Å². The van der Waals surface area contributed by atoms with Gasteiger partial charge in [-0.1, -0.05) is 0 Å². The molecular weight excluding hydrogens is 248 g/mol. The first-order valence-electron chi connectivity index (χ1n) is 5.73. The van der Waals surface area contributed by atoms with Crippen LogP contribution in [-0.2, 0) is 4.79 Å². The van der Waals surface area contributed by atoms with Gasteiger partial charge in [0.15, 0.2) is 5.69 Å². The van der Waals surface area contributed by atoms with Crippen LogP contribution in [0.2, 0.25) is 0 Å². The number of hydrogen-bond donors (Lipinski definition) is 3. The normalized spacial score (nSPS) is 12.0. The molecule has 1 rings (SSSR count). The van der Waals surface area contributed by atoms with Crippen LogP contribution in [0.15, 0.2) is 12.1 Å². The summed E-state index contributed by atoms with van der Waals surface area (Å²) in [4.78, 5) is 22.1. The smallest absolute Gasteiger partial charge is 0.311 e. The molecule has 1 amide bonds. The molecule has 104 valence electrons. The van der Waals surface area contributed by atoms with E-state index in [0.717, 1.165) is 0 Å². The number of nitrogens with zero attached hydrogens (tertiary/aromatic N) is 2. The van der Waals surface area contributed by atoms with Crippen molar-refractivity contribution in [2.24, 2.45) is 11.1 Å². The molecule has 1 aromatic heterocycles. The molecule has 0 aliphatic rings. The third kappa shape index (κ3) is 2.98. The number of carboxylic acid groups (broad SMARTS) is 1. The van der Waals surface area contributed by atoms with E-state index < -0.39 is 22.8 Å². The second-order valence-corrected chi connectivity index (χ2v) is 5.35. The minimum absolute atomic E-state index is 0.0563. The van der Waals surface area contributed by atoms with E-state index in [1.165, 1.54) is 12.1 Å². The average molecular weight is 266 g/mol. The molecule has 1 aromatic rings. The van der Waals surface area contributed by atoms with Crippen LogP contribution >= 0.6 is 0 Å². The van der Waals surface area contributed by atoms with Crippen LogP contribution in [0.25, 0.3) is 0 Å². The summed E-state index contributed by atoms with van der Waals surface area (Å²) < 4.78 is 0. The molecule has 4 N–H and O–H groups in total. The van der Waals surface area contributed by atoms with E-state index in [2.05, 4.69) is 15.5 Å². The second kappa shape index (κ2) is 4.83. The number of anilines is 1. The number of carbonyl (C=O) groups excluding carboxylic acids is 1. The SMILES string of the molecule is CC(C)(Nc1ccc(C(N)=O)nn1)C(C)(C)C(=O)O. The van der Waals surface area contributed by atoms with Crippen molar-refractivity contribution in [3.63, 3.8) is 0 Å². The van der Waals surface area contributed by atoms with Crippen molar-refractivity contribution < 1.29 is 14.7 Å². The van der Waals surface area contributed by atoms with Gasteiger partial charge < -0.3 is 16.2 Å². The van der Waals surface area contributed by atoms with Crippen molar-refractivity contribution in [1.82, 2.24) is 10.2 Å². The lowest BCUT2D eigenvalue weighted by Crippen LogP contribution is -2.50. The van der Waals surface area contributed by atoms with E-state index in [9.17, 15) is 14.7 Å². The minimum Gasteiger partial charge on any atom is -0.481 e. The molecule has 19 heavy (non-hydrogen) atoms. The summed E-state index contributed by atoms with van der Waals surface area (Å²) in [6.07, 6.45) is 0. The summed E-state index contributed by atoms with van der Waals surface area (Å²) in [5, 5.41) is 19.7. The third-order valence-corrected chi connectivity index (χ3v) is 3.45. The summed E-state index contributed by atoms with van der Waals surface area (Å²) in [7, 11) is 0. The molecule has 0 saturated carbocycles. The summed E-state index contributed by atoms with van der Waals surface area (Å²) in [6.45, 7) is 6.75. The van der Waals surface area contributed by atoms with Crippen LogP contribution in [0.4, 0.5) is 5.82 Å². The number of nitrogens with two attached hydrogens (primary N) is 1. The van der Waals surface area contributed by atoms with Gasteiger partial charge in [-0.25, -0.2) is 0 Å². The number of primary amides is 1. The fraction of sp³-hybridized carbons (Fsp3) is 0.500. The molecule has 0 radical (unpaired) electrons. The Balaban J connectivity index is 2.95. The van der Waals surface area contributed by atoms with Crippen LogP contribution < -0.4 is 11.1 Å². The van der Waals surface area contributed by atoms with Crippen LogP contribution in [0, 0.1) is 5.41 Å². The highest BCUT2D eigenvalue weighted by Crippen LogP contribution is 2.33. The Labute approximate surface area is 111 Å². The standard InChI is InChI=1S/C12H18N4O3/c1-11(2,10(18)19)12(3,4)14-8-6-5-7(9(13)17)15-16-8/h5-6H,1-4H3,(H2,13,17)(H,14,16)(H,18,19). The van der Waals surface area contributed by atoms with Crippen LogP contribution in [0.1, 0.15) is 38.2 Å². The molecule has 0 atom stereocenters. The fourth-order valence-corrected chi connectivity index (χ4v) is 1.27. The quantitative estimate of drug-likeness (QED) is 0.728. The lowest BCUT2D eigenvalue weighted by Gasteiger charge is -2.39. The first-order chi connectivity index (χ1) is 8.58. The van der Waals surface area contributed by atoms with Gasteiger partial charge in [-0.15, -0.1) is 10.2 Å². The predicted molar refractivity (Wildman–Crippen MR) is 69.7 cm³/mol. The highest BCUT2D eigenvalue weighted by atomic mass is 16.4. The molecular formula is C12H18N4O3. The van der Waals surface area contributed by atoms with Gasteiger partial charge in [-0.3, -0.25) is 9.59 Å². The lowest BCUT2D eigenvalue weighted by molar-refractivity contribution is -0.149. The Kier molecular flexibility index (Phi) is 3.78. The van der Waals surface area contributed by atoms with E-state index in [1.54, 1.807) is 27.7 Å². The van der Waals surface area contributed by atoms with E-state index in [1.807, 2.05) is 0 Å². The molecule has 0 bridgehead atoms. The number of aromatic nitrogens is 2. The van der Waals surface area contributed by atoms with Gasteiger partial charge in [-0.05, 0) is 39.8 Å². The summed E-state index contributed by atoms with van der Waals surface area (Å²) in [5.41, 5.74) is 3.34. The topological polar surface area (TPSA) is 118 Å². The maximum absolute atomic E-state index is 11.3. The highest BCUT2D eigenvalue weighted by molar-refractivity contribution is 5.90. The Morgan fingerprint density at radius 3 is 2.16 bits per heavy atom. The van der Waals surface area contributed by atoms with Crippen molar-refractivity contribution in [2.75, 3.05) is 5.32 Å². The van der Waals surface area contributed by atoms with Crippen molar-refractivity contribution in [2.45, 2.75) is 33.2 Å². The zero-order chi connectivity index (χ0) is 14.8. The Hall–Kier alpha value is -2.18. The van der Waals surface area contributed by atoms with Gasteiger partial charge in [0.25, 0.3) is 5.91 Å². The second-order valence-electron chi connectivity index (χ2n) is 5.35. The number of carbonyl (C=O) groups is 2. The monoisotopic (exact) mass is 266 g/mol. The van der Waals surface area contributed by atoms with Crippen LogP contribution in [-0.4, -0.2) is 32.7 Å². The Morgan fingerprint density at radius 2 is 1.79 bits per heavy atom. The molecule has 1 heterocycles. The third-order valence-electron chi connectivity index (χ3n) is 3.45. The van der Waals surface area contributed by atoms with Crippen molar-refractivity contribution >= 4 is 17.7 Å². The largest absolute Gasteiger partial charge is 0.481 e. The Morgan fingerprint density at radius 1 is 1.21 bits per heavy atom. The van der Waals surface area contributed by atoms with E-state index in [-0.39, 0.29) is 5.69 Å². The molecule has 0 unspecified atom stereocenters. The summed E-state index contributed by atoms with van der Waals surface area (Å²) >= 11 is 0. The highest BCUT2D eigenvalue weighted by Gasteiger charge is 2.43. The number of rotatable bonds is 5. The molecule has 0 saturated heterocycles. The van der Waals surface area contributed by atoms with Gasteiger partial charge in [0.1, 0.15) is 5.82 Å². The fourth-order valence-electron chi connectivity index (χ4n) is 1.27. The van der Waals surface area contributed by atoms with Gasteiger partial charge in [0, 0.05) is 5.54 Å². The molecule has 0 aliphatic heterocycles. The molecule has 0 spiro atoms. The average Bonchev–Trinajstić information content (AvgIpc) is 2.28. The molecule has 0 aromatic carbocycles. The first-order valence-corrected chi connectivity index (χ1v) is 5.73. The number of aliphatic carboxylic acids is 1. The number of amides is 1.